The number of hydrogen-bond donors (Lipinski definition) is 1. The summed E-state index contributed by atoms with van der Waals surface area (Å²) in [7, 11) is 1.89. The third kappa shape index (κ3) is 2.18. The SMILES string of the molecule is Cn1c(CN)nnc1SCc1ccno1. The van der Waals surface area contributed by atoms with Crippen LogP contribution in [0.15, 0.2) is 21.9 Å². The predicted molar refractivity (Wildman–Crippen MR) is 55.0 cm³/mol. The molecule has 0 amide bonds. The minimum absolute atomic E-state index is 0.395. The summed E-state index contributed by atoms with van der Waals surface area (Å²) >= 11 is 1.54. The van der Waals surface area contributed by atoms with Crippen LogP contribution in [-0.4, -0.2) is 19.9 Å². The van der Waals surface area contributed by atoms with Crippen molar-refractivity contribution in [3.8, 4) is 0 Å². The quantitative estimate of drug-likeness (QED) is 0.765. The molecule has 0 radical (unpaired) electrons. The summed E-state index contributed by atoms with van der Waals surface area (Å²) in [6.07, 6.45) is 1.62. The van der Waals surface area contributed by atoms with Gasteiger partial charge in [0, 0.05) is 13.1 Å². The van der Waals surface area contributed by atoms with Gasteiger partial charge >= 0.3 is 0 Å². The van der Waals surface area contributed by atoms with E-state index >= 15 is 0 Å². The minimum atomic E-state index is 0.395. The summed E-state index contributed by atoms with van der Waals surface area (Å²) in [5.74, 6) is 2.28. The zero-order chi connectivity index (χ0) is 10.7. The van der Waals surface area contributed by atoms with E-state index in [0.29, 0.717) is 12.3 Å². The molecule has 7 heteroatoms. The van der Waals surface area contributed by atoms with Crippen molar-refractivity contribution in [2.24, 2.45) is 12.8 Å². The standard InChI is InChI=1S/C8H11N5OS/c1-13-7(4-9)11-12-8(13)15-5-6-2-3-10-14-6/h2-3H,4-5,9H2,1H3. The molecule has 0 fully saturated rings. The fourth-order valence-electron chi connectivity index (χ4n) is 1.10. The fourth-order valence-corrected chi connectivity index (χ4v) is 1.92. The molecule has 2 heterocycles. The summed E-state index contributed by atoms with van der Waals surface area (Å²) in [6.45, 7) is 0.395. The molecule has 2 aromatic heterocycles. The van der Waals surface area contributed by atoms with E-state index in [4.69, 9.17) is 10.3 Å². The average Bonchev–Trinajstić information content (AvgIpc) is 2.85. The lowest BCUT2D eigenvalue weighted by Gasteiger charge is -1.99. The van der Waals surface area contributed by atoms with Crippen molar-refractivity contribution in [3.63, 3.8) is 0 Å². The third-order valence-corrected chi connectivity index (χ3v) is 2.98. The van der Waals surface area contributed by atoms with E-state index in [0.717, 1.165) is 16.7 Å². The maximum absolute atomic E-state index is 5.49. The second-order valence-corrected chi connectivity index (χ2v) is 3.87. The highest BCUT2D eigenvalue weighted by Gasteiger charge is 2.08. The van der Waals surface area contributed by atoms with Crippen LogP contribution in [0.2, 0.25) is 0 Å². The van der Waals surface area contributed by atoms with Crippen molar-refractivity contribution in [1.82, 2.24) is 19.9 Å². The number of aromatic nitrogens is 4. The molecule has 0 bridgehead atoms. The molecule has 2 N–H and O–H groups in total. The first kappa shape index (κ1) is 10.2. The molecular weight excluding hydrogens is 214 g/mol. The maximum atomic E-state index is 5.49. The largest absolute Gasteiger partial charge is 0.361 e. The lowest BCUT2D eigenvalue weighted by atomic mass is 10.5. The van der Waals surface area contributed by atoms with Crippen molar-refractivity contribution in [2.45, 2.75) is 17.5 Å². The number of thioether (sulfide) groups is 1. The molecular formula is C8H11N5OS. The lowest BCUT2D eigenvalue weighted by molar-refractivity contribution is 0.395. The van der Waals surface area contributed by atoms with Gasteiger partial charge in [-0.05, 0) is 0 Å². The molecule has 6 nitrogen and oxygen atoms in total. The molecule has 80 valence electrons. The Labute approximate surface area is 90.8 Å². The minimum Gasteiger partial charge on any atom is -0.361 e. The number of rotatable bonds is 4. The van der Waals surface area contributed by atoms with E-state index in [9.17, 15) is 0 Å². The number of nitrogens with two attached hydrogens (primary N) is 1. The first-order chi connectivity index (χ1) is 7.31. The zero-order valence-electron chi connectivity index (χ0n) is 8.25. The van der Waals surface area contributed by atoms with Crippen molar-refractivity contribution in [2.75, 3.05) is 0 Å². The Kier molecular flexibility index (Phi) is 3.02. The summed E-state index contributed by atoms with van der Waals surface area (Å²) in [5, 5.41) is 12.4. The molecule has 15 heavy (non-hydrogen) atoms. The van der Waals surface area contributed by atoms with Gasteiger partial charge in [-0.25, -0.2) is 0 Å². The number of nitrogens with zero attached hydrogens (tertiary/aromatic N) is 4. The average molecular weight is 225 g/mol. The van der Waals surface area contributed by atoms with Gasteiger partial charge in [0.2, 0.25) is 0 Å². The molecule has 0 atom stereocenters. The van der Waals surface area contributed by atoms with Crippen molar-refractivity contribution >= 4 is 11.8 Å². The van der Waals surface area contributed by atoms with Crippen LogP contribution in [0, 0.1) is 0 Å². The van der Waals surface area contributed by atoms with Gasteiger partial charge in [0.25, 0.3) is 0 Å². The van der Waals surface area contributed by atoms with Crippen molar-refractivity contribution < 1.29 is 4.52 Å². The highest BCUT2D eigenvalue weighted by atomic mass is 32.2. The van der Waals surface area contributed by atoms with E-state index in [-0.39, 0.29) is 0 Å². The van der Waals surface area contributed by atoms with Crippen LogP contribution in [0.1, 0.15) is 11.6 Å². The molecule has 0 saturated heterocycles. The van der Waals surface area contributed by atoms with Crippen molar-refractivity contribution in [1.29, 1.82) is 0 Å². The van der Waals surface area contributed by atoms with Gasteiger partial charge in [0.15, 0.2) is 5.16 Å². The first-order valence-electron chi connectivity index (χ1n) is 4.42. The van der Waals surface area contributed by atoms with E-state index in [1.807, 2.05) is 17.7 Å². The summed E-state index contributed by atoms with van der Waals surface area (Å²) in [6, 6.07) is 1.83. The maximum Gasteiger partial charge on any atom is 0.191 e. The molecule has 0 aromatic carbocycles. The van der Waals surface area contributed by atoms with E-state index in [1.54, 1.807) is 18.0 Å². The zero-order valence-corrected chi connectivity index (χ0v) is 9.07. The Bertz CT molecular complexity index is 424. The first-order valence-corrected chi connectivity index (χ1v) is 5.40. The summed E-state index contributed by atoms with van der Waals surface area (Å²) in [4.78, 5) is 0. The monoisotopic (exact) mass is 225 g/mol. The second kappa shape index (κ2) is 4.45. The Balaban J connectivity index is 2.02. The molecule has 2 rings (SSSR count). The number of hydrogen-bond acceptors (Lipinski definition) is 6. The van der Waals surface area contributed by atoms with Crippen LogP contribution in [0.25, 0.3) is 0 Å². The topological polar surface area (TPSA) is 82.8 Å². The summed E-state index contributed by atoms with van der Waals surface area (Å²) in [5.41, 5.74) is 5.49. The van der Waals surface area contributed by atoms with Gasteiger partial charge in [-0.2, -0.15) is 0 Å². The Morgan fingerprint density at radius 3 is 3.00 bits per heavy atom. The van der Waals surface area contributed by atoms with Gasteiger partial charge in [-0.1, -0.05) is 16.9 Å². The highest BCUT2D eigenvalue weighted by molar-refractivity contribution is 7.98. The van der Waals surface area contributed by atoms with Crippen LogP contribution in [0.4, 0.5) is 0 Å². The van der Waals surface area contributed by atoms with Crippen LogP contribution in [0.5, 0.6) is 0 Å². The van der Waals surface area contributed by atoms with Crippen LogP contribution in [-0.2, 0) is 19.3 Å². The van der Waals surface area contributed by atoms with Crippen LogP contribution < -0.4 is 5.73 Å². The van der Waals surface area contributed by atoms with E-state index in [1.165, 1.54) is 0 Å². The molecule has 2 aromatic rings. The van der Waals surface area contributed by atoms with Crippen molar-refractivity contribution in [3.05, 3.63) is 23.8 Å². The lowest BCUT2D eigenvalue weighted by Crippen LogP contribution is -2.05. The Morgan fingerprint density at radius 1 is 1.53 bits per heavy atom. The third-order valence-electron chi connectivity index (χ3n) is 1.94. The van der Waals surface area contributed by atoms with Gasteiger partial charge in [-0.3, -0.25) is 0 Å². The molecule has 0 aliphatic heterocycles. The summed E-state index contributed by atoms with van der Waals surface area (Å²) < 4.78 is 6.85. The van der Waals surface area contributed by atoms with Gasteiger partial charge in [-0.15, -0.1) is 10.2 Å². The van der Waals surface area contributed by atoms with Gasteiger partial charge in [0.1, 0.15) is 11.6 Å². The molecule has 0 spiro atoms. The molecule has 0 unspecified atom stereocenters. The molecule has 0 aliphatic carbocycles. The van der Waals surface area contributed by atoms with Crippen LogP contribution >= 0.6 is 11.8 Å². The van der Waals surface area contributed by atoms with E-state index < -0.39 is 0 Å². The Hall–Kier alpha value is -1.34. The normalized spacial score (nSPS) is 10.8. The second-order valence-electron chi connectivity index (χ2n) is 2.93. The fraction of sp³-hybridized carbons (Fsp3) is 0.375. The van der Waals surface area contributed by atoms with Gasteiger partial charge in [0.05, 0.1) is 18.5 Å². The van der Waals surface area contributed by atoms with Gasteiger partial charge < -0.3 is 14.8 Å². The smallest absolute Gasteiger partial charge is 0.191 e. The highest BCUT2D eigenvalue weighted by Crippen LogP contribution is 2.20. The predicted octanol–water partition coefficient (Wildman–Crippen LogP) is 0.554. The van der Waals surface area contributed by atoms with E-state index in [2.05, 4.69) is 15.4 Å². The molecule has 0 aliphatic rings. The Morgan fingerprint density at radius 2 is 2.40 bits per heavy atom. The van der Waals surface area contributed by atoms with Crippen LogP contribution in [0.3, 0.4) is 0 Å². The molecule has 0 saturated carbocycles.